The molecule has 0 aliphatic rings. The lowest BCUT2D eigenvalue weighted by atomic mass is 10.3. The van der Waals surface area contributed by atoms with Gasteiger partial charge in [0.25, 0.3) is 5.78 Å². The lowest BCUT2D eigenvalue weighted by molar-refractivity contribution is -0.131. The highest BCUT2D eigenvalue weighted by molar-refractivity contribution is 9.14. The third kappa shape index (κ3) is 2.20. The van der Waals surface area contributed by atoms with Crippen LogP contribution in [0.4, 0.5) is 0 Å². The summed E-state index contributed by atoms with van der Waals surface area (Å²) in [6.45, 7) is 0. The van der Waals surface area contributed by atoms with Gasteiger partial charge < -0.3 is 5.11 Å². The minimum Gasteiger partial charge on any atom is -0.475 e. The molecule has 0 saturated heterocycles. The Morgan fingerprint density at radius 3 is 2.00 bits per heavy atom. The molecule has 0 spiro atoms. The molecule has 1 heterocycles. The Bertz CT molecular complexity index is 385. The van der Waals surface area contributed by atoms with E-state index < -0.39 is 11.8 Å². The van der Waals surface area contributed by atoms with E-state index in [0.717, 1.165) is 11.3 Å². The van der Waals surface area contributed by atoms with Crippen LogP contribution in [0, 0.1) is 0 Å². The zero-order valence-corrected chi connectivity index (χ0v) is 11.4. The summed E-state index contributed by atoms with van der Waals surface area (Å²) in [6, 6.07) is 0. The van der Waals surface area contributed by atoms with E-state index in [0.29, 0.717) is 12.7 Å². The van der Waals surface area contributed by atoms with Gasteiger partial charge in [0.2, 0.25) is 0 Å². The van der Waals surface area contributed by atoms with E-state index in [1.54, 1.807) is 0 Å². The molecule has 0 aliphatic carbocycles. The van der Waals surface area contributed by atoms with Gasteiger partial charge in [-0.3, -0.25) is 4.79 Å². The number of hydrogen-bond acceptors (Lipinski definition) is 3. The molecule has 1 N–H and O–H groups in total. The maximum atomic E-state index is 11.1. The third-order valence-electron chi connectivity index (χ3n) is 1.16. The first-order chi connectivity index (χ1) is 5.95. The lowest BCUT2D eigenvalue weighted by Gasteiger charge is -1.90. The van der Waals surface area contributed by atoms with E-state index in [-0.39, 0.29) is 4.88 Å². The third-order valence-corrected chi connectivity index (χ3v) is 6.19. The molecule has 13 heavy (non-hydrogen) atoms. The van der Waals surface area contributed by atoms with Gasteiger partial charge in [0.05, 0.1) is 17.6 Å². The van der Waals surface area contributed by atoms with Gasteiger partial charge in [0, 0.05) is 0 Å². The minimum absolute atomic E-state index is 0.172. The number of rotatable bonds is 2. The molecule has 0 aromatic carbocycles. The maximum Gasteiger partial charge on any atom is 0.378 e. The van der Waals surface area contributed by atoms with Crippen LogP contribution in [0.25, 0.3) is 0 Å². The van der Waals surface area contributed by atoms with E-state index in [4.69, 9.17) is 5.11 Å². The van der Waals surface area contributed by atoms with Crippen molar-refractivity contribution >= 4 is 70.9 Å². The first-order valence-electron chi connectivity index (χ1n) is 2.86. The van der Waals surface area contributed by atoms with Gasteiger partial charge >= 0.3 is 5.97 Å². The molecule has 3 nitrogen and oxygen atoms in total. The fraction of sp³-hybridized carbons (Fsp3) is 0. The first-order valence-corrected chi connectivity index (χ1v) is 6.05. The van der Waals surface area contributed by atoms with Crippen LogP contribution in [0.1, 0.15) is 9.67 Å². The summed E-state index contributed by atoms with van der Waals surface area (Å²) in [4.78, 5) is 21.6. The van der Waals surface area contributed by atoms with Gasteiger partial charge in [0.1, 0.15) is 0 Å². The van der Waals surface area contributed by atoms with Gasteiger partial charge in [-0.1, -0.05) is 0 Å². The van der Waals surface area contributed by atoms with Gasteiger partial charge in [0.15, 0.2) is 0 Å². The van der Waals surface area contributed by atoms with Crippen molar-refractivity contribution in [2.75, 3.05) is 0 Å². The topological polar surface area (TPSA) is 54.4 Å². The first kappa shape index (κ1) is 11.4. The number of aliphatic carboxylic acids is 1. The summed E-state index contributed by atoms with van der Waals surface area (Å²) in [5, 5.41) is 8.47. The van der Waals surface area contributed by atoms with Crippen molar-refractivity contribution in [1.29, 1.82) is 0 Å². The van der Waals surface area contributed by atoms with E-state index in [1.807, 2.05) is 0 Å². The number of carbonyl (C=O) groups excluding carboxylic acids is 1. The Morgan fingerprint density at radius 2 is 1.69 bits per heavy atom. The predicted molar refractivity (Wildman–Crippen MR) is 59.4 cm³/mol. The van der Waals surface area contributed by atoms with Crippen LogP contribution < -0.4 is 0 Å². The molecule has 0 aliphatic heterocycles. The van der Waals surface area contributed by atoms with Crippen molar-refractivity contribution in [3.8, 4) is 0 Å². The van der Waals surface area contributed by atoms with Crippen molar-refractivity contribution in [1.82, 2.24) is 0 Å². The van der Waals surface area contributed by atoms with Crippen molar-refractivity contribution in [3.63, 3.8) is 0 Å². The fourth-order valence-electron chi connectivity index (χ4n) is 0.608. The number of carboxylic acids is 1. The second-order valence-electron chi connectivity index (χ2n) is 1.97. The van der Waals surface area contributed by atoms with Crippen LogP contribution in [0.3, 0.4) is 0 Å². The summed E-state index contributed by atoms with van der Waals surface area (Å²) >= 11 is 10.6. The predicted octanol–water partition coefficient (Wildman–Crippen LogP) is 3.30. The standard InChI is InChI=1S/C6HBr3O3S/c7-1-2(8)5(9)13-4(1)3(10)6(11)12/h(H,11,12). The number of halogens is 3. The molecule has 1 aromatic heterocycles. The number of hydrogen-bond donors (Lipinski definition) is 1. The normalized spacial score (nSPS) is 10.1. The molecule has 0 amide bonds. The Morgan fingerprint density at radius 1 is 1.15 bits per heavy atom. The molecule has 0 saturated carbocycles. The summed E-state index contributed by atoms with van der Waals surface area (Å²) < 4.78 is 1.81. The fourth-order valence-corrected chi connectivity index (χ4v) is 3.63. The van der Waals surface area contributed by atoms with Crippen molar-refractivity contribution in [2.45, 2.75) is 0 Å². The molecule has 70 valence electrons. The monoisotopic (exact) mass is 390 g/mol. The molecule has 1 rings (SSSR count). The van der Waals surface area contributed by atoms with Crippen LogP contribution in [-0.4, -0.2) is 16.9 Å². The van der Waals surface area contributed by atoms with Gasteiger partial charge in [-0.2, -0.15) is 0 Å². The van der Waals surface area contributed by atoms with Crippen molar-refractivity contribution < 1.29 is 14.7 Å². The Kier molecular flexibility index (Phi) is 3.67. The summed E-state index contributed by atoms with van der Waals surface area (Å²) in [7, 11) is 0. The second-order valence-corrected chi connectivity index (χ2v) is 5.89. The average molecular weight is 393 g/mol. The minimum atomic E-state index is -1.46. The Hall–Kier alpha value is 0.280. The van der Waals surface area contributed by atoms with Crippen LogP contribution in [0.5, 0.6) is 0 Å². The lowest BCUT2D eigenvalue weighted by Crippen LogP contribution is -2.11. The van der Waals surface area contributed by atoms with Crippen LogP contribution >= 0.6 is 59.1 Å². The van der Waals surface area contributed by atoms with E-state index >= 15 is 0 Å². The van der Waals surface area contributed by atoms with E-state index in [9.17, 15) is 9.59 Å². The zero-order chi connectivity index (χ0) is 10.2. The van der Waals surface area contributed by atoms with Crippen molar-refractivity contribution in [3.05, 3.63) is 17.6 Å². The smallest absolute Gasteiger partial charge is 0.378 e. The summed E-state index contributed by atoms with van der Waals surface area (Å²) in [5.41, 5.74) is 0. The molecule has 0 radical (unpaired) electrons. The number of carboxylic acid groups (broad SMARTS) is 1. The molecule has 1 aromatic rings. The number of thiophene rings is 1. The highest BCUT2D eigenvalue weighted by Crippen LogP contribution is 2.41. The van der Waals surface area contributed by atoms with Crippen LogP contribution in [0.15, 0.2) is 12.7 Å². The highest BCUT2D eigenvalue weighted by atomic mass is 79.9. The van der Waals surface area contributed by atoms with Crippen molar-refractivity contribution in [2.24, 2.45) is 0 Å². The molecular weight excluding hydrogens is 392 g/mol. The van der Waals surface area contributed by atoms with Crippen LogP contribution in [-0.2, 0) is 4.79 Å². The molecular formula is C6HBr3O3S. The van der Waals surface area contributed by atoms with Crippen LogP contribution in [0.2, 0.25) is 0 Å². The van der Waals surface area contributed by atoms with E-state index in [1.165, 1.54) is 0 Å². The summed E-state index contributed by atoms with van der Waals surface area (Å²) in [6.07, 6.45) is 0. The molecule has 0 unspecified atom stereocenters. The molecule has 0 atom stereocenters. The quantitative estimate of drug-likeness (QED) is 0.620. The molecule has 0 fully saturated rings. The maximum absolute atomic E-state index is 11.1. The SMILES string of the molecule is O=C(O)C(=O)c1sc(Br)c(Br)c1Br. The number of carbonyl (C=O) groups is 2. The summed E-state index contributed by atoms with van der Waals surface area (Å²) in [5.74, 6) is -2.37. The van der Waals surface area contributed by atoms with Gasteiger partial charge in [-0.25, -0.2) is 4.79 Å². The number of ketones is 1. The second kappa shape index (κ2) is 4.20. The average Bonchev–Trinajstić information content (AvgIpc) is 2.31. The molecule has 0 bridgehead atoms. The Labute approximate surface area is 103 Å². The number of Topliss-reactive ketones (excluding diaryl/α,β-unsaturated/α-hetero) is 1. The molecule has 7 heteroatoms. The van der Waals surface area contributed by atoms with E-state index in [2.05, 4.69) is 47.8 Å². The zero-order valence-electron chi connectivity index (χ0n) is 5.81. The highest BCUT2D eigenvalue weighted by Gasteiger charge is 2.23. The van der Waals surface area contributed by atoms with Gasteiger partial charge in [-0.15, -0.1) is 11.3 Å². The Balaban J connectivity index is 3.24. The van der Waals surface area contributed by atoms with Gasteiger partial charge in [-0.05, 0) is 47.8 Å². The largest absolute Gasteiger partial charge is 0.475 e.